The first kappa shape index (κ1) is 14.9. The van der Waals surface area contributed by atoms with Gasteiger partial charge in [-0.2, -0.15) is 5.10 Å². The molecule has 5 heteroatoms. The molecular weight excluding hydrogens is 274 g/mol. The molecule has 1 aliphatic rings. The van der Waals surface area contributed by atoms with Crippen molar-refractivity contribution in [3.05, 3.63) is 21.6 Å². The maximum absolute atomic E-state index is 12.2. The fraction of sp³-hybridized carbons (Fsp3) is 0.600. The fourth-order valence-electron chi connectivity index (χ4n) is 2.72. The Bertz CT molecular complexity index is 553. The minimum atomic E-state index is -0.243. The number of anilines is 1. The molecule has 0 amide bonds. The number of hydrogen-bond donors (Lipinski definition) is 1. The van der Waals surface area contributed by atoms with E-state index in [2.05, 4.69) is 23.3 Å². The van der Waals surface area contributed by atoms with Gasteiger partial charge in [0.05, 0.1) is 11.2 Å². The summed E-state index contributed by atoms with van der Waals surface area (Å²) in [6.07, 6.45) is 12.5. The van der Waals surface area contributed by atoms with E-state index < -0.39 is 0 Å². The van der Waals surface area contributed by atoms with Crippen LogP contribution in [0.15, 0.2) is 11.0 Å². The monoisotopic (exact) mass is 293 g/mol. The van der Waals surface area contributed by atoms with Gasteiger partial charge in [-0.25, -0.2) is 4.68 Å². The van der Waals surface area contributed by atoms with Crippen LogP contribution in [0.2, 0.25) is 5.02 Å². The zero-order chi connectivity index (χ0) is 14.5. The van der Waals surface area contributed by atoms with E-state index in [4.69, 9.17) is 18.0 Å². The van der Waals surface area contributed by atoms with E-state index in [1.165, 1.54) is 30.1 Å². The Hall–Kier alpha value is -1.47. The maximum atomic E-state index is 12.2. The summed E-state index contributed by atoms with van der Waals surface area (Å²) in [6, 6.07) is 0.310. The van der Waals surface area contributed by atoms with Crippen LogP contribution >= 0.6 is 11.6 Å². The Kier molecular flexibility index (Phi) is 5.08. The topological polar surface area (TPSA) is 46.9 Å². The molecule has 0 saturated heterocycles. The molecular formula is C15H20ClN3O. The molecule has 1 N–H and O–H groups in total. The summed E-state index contributed by atoms with van der Waals surface area (Å²) < 4.78 is 1.26. The highest BCUT2D eigenvalue weighted by Crippen LogP contribution is 2.29. The lowest BCUT2D eigenvalue weighted by Crippen LogP contribution is -2.32. The number of halogens is 1. The zero-order valence-electron chi connectivity index (χ0n) is 11.7. The van der Waals surface area contributed by atoms with Gasteiger partial charge in [0.1, 0.15) is 12.2 Å². The second-order valence-corrected chi connectivity index (χ2v) is 5.71. The van der Waals surface area contributed by atoms with Gasteiger partial charge in [0.2, 0.25) is 0 Å². The van der Waals surface area contributed by atoms with Crippen molar-refractivity contribution >= 4 is 17.3 Å². The Morgan fingerprint density at radius 2 is 2.20 bits per heavy atom. The SMILES string of the molecule is C#CCn1ncc(Cl)c(NC2CCC(CC)CC2)c1=O. The van der Waals surface area contributed by atoms with Crippen molar-refractivity contribution in [3.63, 3.8) is 0 Å². The first-order valence-electron chi connectivity index (χ1n) is 7.11. The molecule has 0 bridgehead atoms. The molecule has 4 nitrogen and oxygen atoms in total. The predicted molar refractivity (Wildman–Crippen MR) is 82.0 cm³/mol. The molecule has 2 rings (SSSR count). The molecule has 20 heavy (non-hydrogen) atoms. The number of nitrogens with one attached hydrogen (secondary N) is 1. The van der Waals surface area contributed by atoms with Crippen molar-refractivity contribution in [2.75, 3.05) is 5.32 Å². The summed E-state index contributed by atoms with van der Waals surface area (Å²) in [5.41, 5.74) is 0.185. The summed E-state index contributed by atoms with van der Waals surface area (Å²) in [7, 11) is 0. The van der Waals surface area contributed by atoms with Gasteiger partial charge in [-0.15, -0.1) is 6.42 Å². The van der Waals surface area contributed by atoms with Crippen LogP contribution < -0.4 is 10.9 Å². The average molecular weight is 294 g/mol. The number of aromatic nitrogens is 2. The highest BCUT2D eigenvalue weighted by atomic mass is 35.5. The molecule has 1 fully saturated rings. The summed E-state index contributed by atoms with van der Waals surface area (Å²) in [6.45, 7) is 2.39. The third kappa shape index (κ3) is 3.34. The van der Waals surface area contributed by atoms with E-state index in [-0.39, 0.29) is 12.1 Å². The zero-order valence-corrected chi connectivity index (χ0v) is 12.5. The molecule has 0 aromatic carbocycles. The van der Waals surface area contributed by atoms with E-state index in [1.807, 2.05) is 0 Å². The van der Waals surface area contributed by atoms with Gasteiger partial charge in [-0.05, 0) is 31.6 Å². The molecule has 1 heterocycles. The van der Waals surface area contributed by atoms with E-state index in [0.29, 0.717) is 16.8 Å². The second kappa shape index (κ2) is 6.81. The molecule has 1 aromatic heterocycles. The maximum Gasteiger partial charge on any atom is 0.292 e. The van der Waals surface area contributed by atoms with E-state index in [9.17, 15) is 4.79 Å². The van der Waals surface area contributed by atoms with E-state index in [0.717, 1.165) is 18.8 Å². The summed E-state index contributed by atoms with van der Waals surface area (Å²) in [5, 5.41) is 7.59. The smallest absolute Gasteiger partial charge is 0.292 e. The van der Waals surface area contributed by atoms with Crippen LogP contribution in [0.3, 0.4) is 0 Å². The molecule has 1 saturated carbocycles. The van der Waals surface area contributed by atoms with Crippen molar-refractivity contribution in [3.8, 4) is 12.3 Å². The van der Waals surface area contributed by atoms with Crippen molar-refractivity contribution in [2.45, 2.75) is 51.6 Å². The van der Waals surface area contributed by atoms with Crippen LogP contribution in [0.25, 0.3) is 0 Å². The minimum Gasteiger partial charge on any atom is -0.377 e. The van der Waals surface area contributed by atoms with Crippen LogP contribution in [0.4, 0.5) is 5.69 Å². The van der Waals surface area contributed by atoms with Crippen LogP contribution in [0.1, 0.15) is 39.0 Å². The lowest BCUT2D eigenvalue weighted by Gasteiger charge is -2.29. The molecule has 1 aliphatic carbocycles. The normalized spacial score (nSPS) is 22.2. The molecule has 0 aliphatic heterocycles. The highest BCUT2D eigenvalue weighted by molar-refractivity contribution is 6.33. The standard InChI is InChI=1S/C15H20ClN3O/c1-3-9-19-15(20)14(13(16)10-17-19)18-12-7-5-11(4-2)6-8-12/h1,10-12,18H,4-9H2,2H3. The number of rotatable bonds is 4. The van der Waals surface area contributed by atoms with Crippen molar-refractivity contribution in [1.29, 1.82) is 0 Å². The molecule has 1 aromatic rings. The summed E-state index contributed by atoms with van der Waals surface area (Å²) in [4.78, 5) is 12.2. The lowest BCUT2D eigenvalue weighted by molar-refractivity contribution is 0.330. The Balaban J connectivity index is 2.12. The third-order valence-corrected chi connectivity index (χ3v) is 4.30. The van der Waals surface area contributed by atoms with Gasteiger partial charge in [-0.3, -0.25) is 4.79 Å². The summed E-state index contributed by atoms with van der Waals surface area (Å²) >= 11 is 6.09. The Morgan fingerprint density at radius 1 is 1.50 bits per heavy atom. The lowest BCUT2D eigenvalue weighted by atomic mass is 9.84. The van der Waals surface area contributed by atoms with Gasteiger partial charge >= 0.3 is 0 Å². The molecule has 0 radical (unpaired) electrons. The molecule has 0 unspecified atom stereocenters. The average Bonchev–Trinajstić information content (AvgIpc) is 2.47. The second-order valence-electron chi connectivity index (χ2n) is 5.30. The molecule has 0 atom stereocenters. The number of terminal acetylenes is 1. The largest absolute Gasteiger partial charge is 0.377 e. The van der Waals surface area contributed by atoms with Crippen LogP contribution in [-0.2, 0) is 6.54 Å². The summed E-state index contributed by atoms with van der Waals surface area (Å²) in [5.74, 6) is 3.24. The van der Waals surface area contributed by atoms with Crippen LogP contribution in [0, 0.1) is 18.3 Å². The molecule has 108 valence electrons. The quantitative estimate of drug-likeness (QED) is 0.868. The van der Waals surface area contributed by atoms with Crippen molar-refractivity contribution in [2.24, 2.45) is 5.92 Å². The number of hydrogen-bond acceptors (Lipinski definition) is 3. The van der Waals surface area contributed by atoms with E-state index >= 15 is 0 Å². The van der Waals surface area contributed by atoms with Crippen molar-refractivity contribution in [1.82, 2.24) is 9.78 Å². The van der Waals surface area contributed by atoms with Crippen LogP contribution in [-0.4, -0.2) is 15.8 Å². The van der Waals surface area contributed by atoms with Gasteiger partial charge in [0, 0.05) is 6.04 Å². The predicted octanol–water partition coefficient (Wildman–Crippen LogP) is 2.91. The molecule has 0 spiro atoms. The Morgan fingerprint density at radius 3 is 2.80 bits per heavy atom. The fourth-order valence-corrected chi connectivity index (χ4v) is 2.90. The van der Waals surface area contributed by atoms with Gasteiger partial charge < -0.3 is 5.32 Å². The van der Waals surface area contributed by atoms with Crippen molar-refractivity contribution < 1.29 is 0 Å². The third-order valence-electron chi connectivity index (χ3n) is 4.01. The first-order chi connectivity index (χ1) is 9.65. The Labute approximate surface area is 124 Å². The number of nitrogens with zero attached hydrogens (tertiary/aromatic N) is 2. The van der Waals surface area contributed by atoms with Gasteiger partial charge in [-0.1, -0.05) is 30.9 Å². The van der Waals surface area contributed by atoms with E-state index in [1.54, 1.807) is 0 Å². The first-order valence-corrected chi connectivity index (χ1v) is 7.49. The van der Waals surface area contributed by atoms with Gasteiger partial charge in [0.15, 0.2) is 0 Å². The highest BCUT2D eigenvalue weighted by Gasteiger charge is 2.21. The van der Waals surface area contributed by atoms with Gasteiger partial charge in [0.25, 0.3) is 5.56 Å². The van der Waals surface area contributed by atoms with Crippen LogP contribution in [0.5, 0.6) is 0 Å². The minimum absolute atomic E-state index is 0.160.